The third-order valence-corrected chi connectivity index (χ3v) is 5.36. The monoisotopic (exact) mass is 383 g/mol. The van der Waals surface area contributed by atoms with Gasteiger partial charge in [-0.3, -0.25) is 19.6 Å². The van der Waals surface area contributed by atoms with Crippen molar-refractivity contribution >= 4 is 11.9 Å². The summed E-state index contributed by atoms with van der Waals surface area (Å²) in [5.41, 5.74) is 0. The van der Waals surface area contributed by atoms with E-state index >= 15 is 0 Å². The lowest BCUT2D eigenvalue weighted by atomic mass is 10.2. The second-order valence-electron chi connectivity index (χ2n) is 7.43. The van der Waals surface area contributed by atoms with Gasteiger partial charge in [-0.05, 0) is 14.1 Å². The quantitative estimate of drug-likeness (QED) is 0.305. The van der Waals surface area contributed by atoms with Crippen LogP contribution >= 0.6 is 0 Å². The Balaban J connectivity index is 1.71. The Morgan fingerprint density at radius 1 is 1.11 bits per heavy atom. The number of guanidine groups is 1. The van der Waals surface area contributed by atoms with E-state index in [1.54, 1.807) is 7.11 Å². The fourth-order valence-corrected chi connectivity index (χ4v) is 3.53. The minimum absolute atomic E-state index is 0.0625. The number of rotatable bonds is 7. The highest BCUT2D eigenvalue weighted by Crippen LogP contribution is 2.06. The van der Waals surface area contributed by atoms with E-state index in [0.717, 1.165) is 58.3 Å². The van der Waals surface area contributed by atoms with Crippen LogP contribution < -0.4 is 10.6 Å². The Labute approximate surface area is 163 Å². The molecule has 9 nitrogen and oxygen atoms in total. The van der Waals surface area contributed by atoms with E-state index in [-0.39, 0.29) is 5.91 Å². The largest absolute Gasteiger partial charge is 0.383 e. The summed E-state index contributed by atoms with van der Waals surface area (Å²) >= 11 is 0. The molecule has 27 heavy (non-hydrogen) atoms. The van der Waals surface area contributed by atoms with Crippen molar-refractivity contribution in [1.29, 1.82) is 0 Å². The summed E-state index contributed by atoms with van der Waals surface area (Å²) < 4.78 is 4.95. The minimum atomic E-state index is 0.0625. The summed E-state index contributed by atoms with van der Waals surface area (Å²) in [5, 5.41) is 6.42. The van der Waals surface area contributed by atoms with Crippen molar-refractivity contribution < 1.29 is 9.53 Å². The van der Waals surface area contributed by atoms with Gasteiger partial charge in [0, 0.05) is 79.1 Å². The number of methoxy groups -OCH3 is 1. The summed E-state index contributed by atoms with van der Waals surface area (Å²) in [6.45, 7) is 9.26. The maximum atomic E-state index is 11.9. The highest BCUT2D eigenvalue weighted by molar-refractivity contribution is 5.80. The number of piperazine rings is 2. The van der Waals surface area contributed by atoms with Gasteiger partial charge in [0.15, 0.2) is 5.96 Å². The van der Waals surface area contributed by atoms with Crippen LogP contribution in [0.5, 0.6) is 0 Å². The zero-order chi connectivity index (χ0) is 19.6. The van der Waals surface area contributed by atoms with Crippen molar-refractivity contribution in [2.75, 3.05) is 100 Å². The number of hydrogen-bond donors (Lipinski definition) is 2. The first kappa shape index (κ1) is 21.9. The Kier molecular flexibility index (Phi) is 9.26. The molecule has 0 radical (unpaired) electrons. The molecule has 0 aliphatic carbocycles. The van der Waals surface area contributed by atoms with Crippen molar-refractivity contribution in [3.8, 4) is 0 Å². The summed E-state index contributed by atoms with van der Waals surface area (Å²) in [6, 6.07) is 0.498. The molecule has 2 rings (SSSR count). The summed E-state index contributed by atoms with van der Waals surface area (Å²) in [7, 11) is 7.85. The molecule has 0 aromatic carbocycles. The van der Waals surface area contributed by atoms with Gasteiger partial charge in [-0.2, -0.15) is 0 Å². The molecule has 2 aliphatic rings. The highest BCUT2D eigenvalue weighted by atomic mass is 16.5. The molecule has 0 spiro atoms. The standard InChI is InChI=1S/C18H37N7O2/c1-19-18(21-13-16-14-22(2)6-7-23(16)3)25-10-8-24(9-11-25)15-17(26)20-5-12-27-4/h16H,5-15H2,1-4H3,(H,19,21)(H,20,26). The molecule has 1 atom stereocenters. The molecule has 2 heterocycles. The normalized spacial score (nSPS) is 23.5. The number of carbonyl (C=O) groups excluding carboxylic acids is 1. The van der Waals surface area contributed by atoms with Crippen molar-refractivity contribution in [3.05, 3.63) is 0 Å². The van der Waals surface area contributed by atoms with E-state index in [2.05, 4.69) is 49.3 Å². The smallest absolute Gasteiger partial charge is 0.234 e. The van der Waals surface area contributed by atoms with Crippen LogP contribution in [0, 0.1) is 0 Å². The lowest BCUT2D eigenvalue weighted by Gasteiger charge is -2.39. The number of aliphatic imine (C=N–C) groups is 1. The number of nitrogens with one attached hydrogen (secondary N) is 2. The average Bonchev–Trinajstić information content (AvgIpc) is 2.66. The predicted octanol–water partition coefficient (Wildman–Crippen LogP) is -1.81. The zero-order valence-electron chi connectivity index (χ0n) is 17.4. The first-order chi connectivity index (χ1) is 13.0. The van der Waals surface area contributed by atoms with Crippen LogP contribution in [-0.4, -0.2) is 138 Å². The molecule has 156 valence electrons. The SMILES string of the molecule is CN=C(NCC1CN(C)CCN1C)N1CCN(CC(=O)NCCOC)CC1. The fourth-order valence-electron chi connectivity index (χ4n) is 3.53. The lowest BCUT2D eigenvalue weighted by Crippen LogP contribution is -2.58. The van der Waals surface area contributed by atoms with Gasteiger partial charge in [0.2, 0.25) is 5.91 Å². The molecule has 2 saturated heterocycles. The van der Waals surface area contributed by atoms with Crippen LogP contribution in [0.25, 0.3) is 0 Å². The maximum absolute atomic E-state index is 11.9. The number of hydrogen-bond acceptors (Lipinski definition) is 6. The minimum Gasteiger partial charge on any atom is -0.383 e. The Hall–Kier alpha value is -1.42. The first-order valence-corrected chi connectivity index (χ1v) is 9.86. The predicted molar refractivity (Wildman–Crippen MR) is 108 cm³/mol. The lowest BCUT2D eigenvalue weighted by molar-refractivity contribution is -0.122. The second-order valence-corrected chi connectivity index (χ2v) is 7.43. The van der Waals surface area contributed by atoms with Crippen LogP contribution in [0.1, 0.15) is 0 Å². The molecular weight excluding hydrogens is 346 g/mol. The summed E-state index contributed by atoms with van der Waals surface area (Å²) in [6.07, 6.45) is 0. The number of ether oxygens (including phenoxy) is 1. The molecule has 2 aliphatic heterocycles. The third kappa shape index (κ3) is 7.25. The van der Waals surface area contributed by atoms with Crippen LogP contribution in [0.3, 0.4) is 0 Å². The molecule has 0 aromatic rings. The Bertz CT molecular complexity index is 480. The Morgan fingerprint density at radius 3 is 2.52 bits per heavy atom. The summed E-state index contributed by atoms with van der Waals surface area (Å²) in [5.74, 6) is 1.02. The van der Waals surface area contributed by atoms with Crippen molar-refractivity contribution in [2.24, 2.45) is 4.99 Å². The van der Waals surface area contributed by atoms with E-state index in [0.29, 0.717) is 25.7 Å². The average molecular weight is 384 g/mol. The van der Waals surface area contributed by atoms with Crippen LogP contribution in [0.2, 0.25) is 0 Å². The molecular formula is C18H37N7O2. The van der Waals surface area contributed by atoms with E-state index < -0.39 is 0 Å². The van der Waals surface area contributed by atoms with Gasteiger partial charge in [0.05, 0.1) is 13.2 Å². The highest BCUT2D eigenvalue weighted by Gasteiger charge is 2.24. The maximum Gasteiger partial charge on any atom is 0.234 e. The van der Waals surface area contributed by atoms with Crippen molar-refractivity contribution in [1.82, 2.24) is 30.2 Å². The molecule has 0 saturated carbocycles. The van der Waals surface area contributed by atoms with Crippen LogP contribution in [0.4, 0.5) is 0 Å². The molecule has 1 amide bonds. The van der Waals surface area contributed by atoms with Gasteiger partial charge in [-0.1, -0.05) is 0 Å². The van der Waals surface area contributed by atoms with Gasteiger partial charge < -0.3 is 25.2 Å². The van der Waals surface area contributed by atoms with Crippen molar-refractivity contribution in [2.45, 2.75) is 6.04 Å². The van der Waals surface area contributed by atoms with Gasteiger partial charge in [-0.15, -0.1) is 0 Å². The molecule has 9 heteroatoms. The molecule has 0 aromatic heterocycles. The molecule has 2 N–H and O–H groups in total. The van der Waals surface area contributed by atoms with Gasteiger partial charge in [0.25, 0.3) is 0 Å². The van der Waals surface area contributed by atoms with Gasteiger partial charge in [-0.25, -0.2) is 0 Å². The number of amides is 1. The first-order valence-electron chi connectivity index (χ1n) is 9.86. The Morgan fingerprint density at radius 2 is 1.85 bits per heavy atom. The van der Waals surface area contributed by atoms with Crippen LogP contribution in [0.15, 0.2) is 4.99 Å². The van der Waals surface area contributed by atoms with Crippen molar-refractivity contribution in [3.63, 3.8) is 0 Å². The fraction of sp³-hybridized carbons (Fsp3) is 0.889. The second kappa shape index (κ2) is 11.4. The molecule has 1 unspecified atom stereocenters. The van der Waals surface area contributed by atoms with E-state index in [9.17, 15) is 4.79 Å². The topological polar surface area (TPSA) is 75.7 Å². The van der Waals surface area contributed by atoms with E-state index in [4.69, 9.17) is 4.74 Å². The zero-order valence-corrected chi connectivity index (χ0v) is 17.4. The number of carbonyl (C=O) groups is 1. The van der Waals surface area contributed by atoms with Crippen LogP contribution in [-0.2, 0) is 9.53 Å². The number of likely N-dealkylation sites (N-methyl/N-ethyl adjacent to an activating group) is 2. The van der Waals surface area contributed by atoms with E-state index in [1.165, 1.54) is 0 Å². The third-order valence-electron chi connectivity index (χ3n) is 5.36. The number of nitrogens with zero attached hydrogens (tertiary/aromatic N) is 5. The van der Waals surface area contributed by atoms with Gasteiger partial charge >= 0.3 is 0 Å². The molecule has 0 bridgehead atoms. The summed E-state index contributed by atoms with van der Waals surface area (Å²) in [4.78, 5) is 25.7. The molecule has 2 fully saturated rings. The van der Waals surface area contributed by atoms with Gasteiger partial charge in [0.1, 0.15) is 0 Å². The van der Waals surface area contributed by atoms with E-state index in [1.807, 2.05) is 7.05 Å².